The largest absolute Gasteiger partial charge is 0.363 e. The van der Waals surface area contributed by atoms with Crippen molar-refractivity contribution in [2.24, 2.45) is 0 Å². The average molecular weight is 234 g/mol. The Kier molecular flexibility index (Phi) is 3.56. The maximum absolute atomic E-state index is 4.74. The van der Waals surface area contributed by atoms with Gasteiger partial charge in [-0.1, -0.05) is 41.5 Å². The molecule has 0 unspecified atom stereocenters. The summed E-state index contributed by atoms with van der Waals surface area (Å²) in [6, 6.07) is 4.43. The van der Waals surface area contributed by atoms with Crippen molar-refractivity contribution < 1.29 is 0 Å². The molecule has 1 aromatic rings. The summed E-state index contributed by atoms with van der Waals surface area (Å²) in [6.07, 6.45) is 0. The molecule has 96 valence electrons. The fraction of sp³-hybridized carbons (Fsp3) is 0.667. The van der Waals surface area contributed by atoms with Gasteiger partial charge in [0.25, 0.3) is 0 Å². The number of nitrogens with zero attached hydrogens (tertiary/aromatic N) is 2. The van der Waals surface area contributed by atoms with Gasteiger partial charge in [-0.2, -0.15) is 0 Å². The summed E-state index contributed by atoms with van der Waals surface area (Å²) in [5.41, 5.74) is 2.76. The van der Waals surface area contributed by atoms with Crippen molar-refractivity contribution in [3.8, 4) is 0 Å². The van der Waals surface area contributed by atoms with Crippen LogP contribution in [-0.2, 0) is 10.8 Å². The van der Waals surface area contributed by atoms with E-state index < -0.39 is 0 Å². The quantitative estimate of drug-likeness (QED) is 0.736. The van der Waals surface area contributed by atoms with Crippen LogP contribution in [0.25, 0.3) is 0 Å². The fourth-order valence-corrected chi connectivity index (χ4v) is 1.56. The summed E-state index contributed by atoms with van der Waals surface area (Å²) in [7, 11) is 4.09. The Hall–Kier alpha value is -1.05. The van der Waals surface area contributed by atoms with Gasteiger partial charge in [-0.25, -0.2) is 4.98 Å². The van der Waals surface area contributed by atoms with E-state index in [9.17, 15) is 0 Å². The van der Waals surface area contributed by atoms with Gasteiger partial charge in [-0.3, -0.25) is 0 Å². The van der Waals surface area contributed by atoms with Crippen molar-refractivity contribution in [1.82, 2.24) is 4.98 Å². The minimum atomic E-state index is 0.0893. The maximum atomic E-state index is 4.74. The highest BCUT2D eigenvalue weighted by molar-refractivity contribution is 5.44. The molecule has 2 heteroatoms. The second-order valence-electron chi connectivity index (χ2n) is 6.99. The maximum Gasteiger partial charge on any atom is 0.128 e. The first-order valence-corrected chi connectivity index (χ1v) is 6.22. The molecular formula is C15H26N2. The molecule has 0 saturated heterocycles. The number of aromatic nitrogens is 1. The number of anilines is 1. The van der Waals surface area contributed by atoms with Gasteiger partial charge >= 0.3 is 0 Å². The SMILES string of the molecule is CN(C)c1cc(C(C)(C)C)cc(C(C)(C)C)n1. The van der Waals surface area contributed by atoms with E-state index in [4.69, 9.17) is 4.98 Å². The predicted octanol–water partition coefficient (Wildman–Crippen LogP) is 3.74. The molecule has 17 heavy (non-hydrogen) atoms. The first-order valence-electron chi connectivity index (χ1n) is 6.22. The highest BCUT2D eigenvalue weighted by atomic mass is 15.1. The van der Waals surface area contributed by atoms with Crippen molar-refractivity contribution in [2.75, 3.05) is 19.0 Å². The van der Waals surface area contributed by atoms with Gasteiger partial charge in [-0.15, -0.1) is 0 Å². The van der Waals surface area contributed by atoms with Crippen molar-refractivity contribution in [2.45, 2.75) is 52.4 Å². The monoisotopic (exact) mass is 234 g/mol. The lowest BCUT2D eigenvalue weighted by Gasteiger charge is -2.26. The molecule has 0 amide bonds. The lowest BCUT2D eigenvalue weighted by atomic mass is 9.83. The van der Waals surface area contributed by atoms with E-state index in [0.717, 1.165) is 11.5 Å². The molecule has 0 aromatic carbocycles. The molecule has 0 aliphatic carbocycles. The second-order valence-corrected chi connectivity index (χ2v) is 6.99. The zero-order valence-electron chi connectivity index (χ0n) is 12.5. The summed E-state index contributed by atoms with van der Waals surface area (Å²) >= 11 is 0. The molecule has 0 radical (unpaired) electrons. The van der Waals surface area contributed by atoms with E-state index in [1.165, 1.54) is 5.56 Å². The van der Waals surface area contributed by atoms with Crippen LogP contribution in [0, 0.1) is 0 Å². The minimum absolute atomic E-state index is 0.0893. The Balaban J connectivity index is 3.40. The Morgan fingerprint density at radius 1 is 0.882 bits per heavy atom. The number of rotatable bonds is 1. The van der Waals surface area contributed by atoms with Gasteiger partial charge in [-0.05, 0) is 23.1 Å². The molecule has 0 aliphatic rings. The van der Waals surface area contributed by atoms with E-state index >= 15 is 0 Å². The van der Waals surface area contributed by atoms with E-state index in [1.54, 1.807) is 0 Å². The zero-order valence-corrected chi connectivity index (χ0v) is 12.5. The first-order chi connectivity index (χ1) is 7.51. The molecule has 0 spiro atoms. The molecule has 1 aromatic heterocycles. The average Bonchev–Trinajstić information content (AvgIpc) is 2.14. The van der Waals surface area contributed by atoms with Gasteiger partial charge in [0.1, 0.15) is 5.82 Å². The van der Waals surface area contributed by atoms with Gasteiger partial charge in [0, 0.05) is 25.2 Å². The van der Waals surface area contributed by atoms with Gasteiger partial charge < -0.3 is 4.90 Å². The van der Waals surface area contributed by atoms with Crippen molar-refractivity contribution in [3.05, 3.63) is 23.4 Å². The van der Waals surface area contributed by atoms with Crippen molar-refractivity contribution >= 4 is 5.82 Å². The van der Waals surface area contributed by atoms with E-state index in [2.05, 4.69) is 58.6 Å². The Labute approximate surface area is 106 Å². The molecule has 0 saturated carbocycles. The topological polar surface area (TPSA) is 16.1 Å². The summed E-state index contributed by atoms with van der Waals surface area (Å²) in [6.45, 7) is 13.4. The Bertz CT molecular complexity index is 360. The summed E-state index contributed by atoms with van der Waals surface area (Å²) in [4.78, 5) is 6.82. The molecule has 0 N–H and O–H groups in total. The van der Waals surface area contributed by atoms with Crippen LogP contribution in [0.5, 0.6) is 0 Å². The van der Waals surface area contributed by atoms with E-state index in [0.29, 0.717) is 0 Å². The molecule has 1 heterocycles. The van der Waals surface area contributed by atoms with Crippen LogP contribution < -0.4 is 4.90 Å². The zero-order chi connectivity index (χ0) is 13.4. The third kappa shape index (κ3) is 3.45. The highest BCUT2D eigenvalue weighted by Crippen LogP contribution is 2.30. The smallest absolute Gasteiger partial charge is 0.128 e. The van der Waals surface area contributed by atoms with Crippen LogP contribution in [0.2, 0.25) is 0 Å². The lowest BCUT2D eigenvalue weighted by molar-refractivity contribution is 0.552. The third-order valence-electron chi connectivity index (χ3n) is 2.90. The molecule has 2 nitrogen and oxygen atoms in total. The minimum Gasteiger partial charge on any atom is -0.363 e. The van der Waals surface area contributed by atoms with Gasteiger partial charge in [0.15, 0.2) is 0 Å². The number of hydrogen-bond donors (Lipinski definition) is 0. The fourth-order valence-electron chi connectivity index (χ4n) is 1.56. The van der Waals surface area contributed by atoms with Gasteiger partial charge in [0.2, 0.25) is 0 Å². The summed E-state index contributed by atoms with van der Waals surface area (Å²) < 4.78 is 0. The molecule has 0 aliphatic heterocycles. The van der Waals surface area contributed by atoms with Crippen molar-refractivity contribution in [3.63, 3.8) is 0 Å². The van der Waals surface area contributed by atoms with E-state index in [-0.39, 0.29) is 10.8 Å². The summed E-state index contributed by atoms with van der Waals surface area (Å²) in [5, 5.41) is 0. The van der Waals surface area contributed by atoms with Crippen LogP contribution >= 0.6 is 0 Å². The first kappa shape index (κ1) is 14.0. The van der Waals surface area contributed by atoms with E-state index in [1.807, 2.05) is 14.1 Å². The number of hydrogen-bond acceptors (Lipinski definition) is 2. The molecular weight excluding hydrogens is 208 g/mol. The molecule has 0 bridgehead atoms. The van der Waals surface area contributed by atoms with Crippen LogP contribution in [0.3, 0.4) is 0 Å². The van der Waals surface area contributed by atoms with Crippen LogP contribution in [0.15, 0.2) is 12.1 Å². The van der Waals surface area contributed by atoms with Crippen LogP contribution in [0.4, 0.5) is 5.82 Å². The van der Waals surface area contributed by atoms with Crippen LogP contribution in [-0.4, -0.2) is 19.1 Å². The standard InChI is InChI=1S/C15H26N2/c1-14(2,3)11-9-12(15(4,5)6)16-13(10-11)17(7)8/h9-10H,1-8H3. The Morgan fingerprint density at radius 2 is 1.41 bits per heavy atom. The highest BCUT2D eigenvalue weighted by Gasteiger charge is 2.22. The summed E-state index contributed by atoms with van der Waals surface area (Å²) in [5.74, 6) is 1.04. The lowest BCUT2D eigenvalue weighted by Crippen LogP contribution is -2.21. The normalized spacial score (nSPS) is 12.7. The second kappa shape index (κ2) is 4.32. The van der Waals surface area contributed by atoms with Crippen LogP contribution in [0.1, 0.15) is 52.8 Å². The van der Waals surface area contributed by atoms with Crippen molar-refractivity contribution in [1.29, 1.82) is 0 Å². The predicted molar refractivity (Wildman–Crippen MR) is 76.0 cm³/mol. The Morgan fingerprint density at radius 3 is 1.76 bits per heavy atom. The molecule has 1 rings (SSSR count). The molecule has 0 fully saturated rings. The molecule has 0 atom stereocenters. The van der Waals surface area contributed by atoms with Gasteiger partial charge in [0.05, 0.1) is 0 Å². The number of pyridine rings is 1. The third-order valence-corrected chi connectivity index (χ3v) is 2.90.